The van der Waals surface area contributed by atoms with Crippen LogP contribution in [-0.2, 0) is 4.79 Å². The lowest BCUT2D eigenvalue weighted by Gasteiger charge is -2.47. The maximum Gasteiger partial charge on any atom is 0.261 e. The van der Waals surface area contributed by atoms with Crippen LogP contribution in [0, 0.1) is 11.3 Å². The molecule has 24 heavy (non-hydrogen) atoms. The number of hydrogen-bond donors (Lipinski definition) is 1. The Labute approximate surface area is 145 Å². The predicted molar refractivity (Wildman–Crippen MR) is 98.8 cm³/mol. The number of fused-ring (bicyclic) bond motifs is 1. The minimum Gasteiger partial charge on any atom is -0.366 e. The fourth-order valence-corrected chi connectivity index (χ4v) is 3.70. The van der Waals surface area contributed by atoms with Crippen LogP contribution in [-0.4, -0.2) is 25.0 Å². The summed E-state index contributed by atoms with van der Waals surface area (Å²) in [5.74, 6) is 0.0963. The zero-order valence-corrected chi connectivity index (χ0v) is 15.3. The molecule has 1 N–H and O–H groups in total. The number of nitrogens with one attached hydrogen (secondary N) is 1. The Balaban J connectivity index is 2.47. The van der Waals surface area contributed by atoms with E-state index in [0.29, 0.717) is 5.92 Å². The summed E-state index contributed by atoms with van der Waals surface area (Å²) in [5, 5.41) is 11.7. The van der Waals surface area contributed by atoms with Crippen LogP contribution >= 0.6 is 0 Å². The Morgan fingerprint density at radius 1 is 1.50 bits per heavy atom. The number of likely N-dealkylation sites (N-methyl/N-ethyl adjacent to an activating group) is 1. The lowest BCUT2D eigenvalue weighted by atomic mass is 9.79. The SMILES string of the molecule is CCCN1c2ccc(/C=C(\C#N)C(=O)NC)cc2C(C)CC1(C)C. The van der Waals surface area contributed by atoms with Crippen molar-refractivity contribution < 1.29 is 4.79 Å². The number of hydrogen-bond acceptors (Lipinski definition) is 3. The molecule has 1 aromatic carbocycles. The van der Waals surface area contributed by atoms with E-state index in [2.05, 4.69) is 50.0 Å². The number of carbonyl (C=O) groups is 1. The van der Waals surface area contributed by atoms with Crippen LogP contribution in [0.3, 0.4) is 0 Å². The van der Waals surface area contributed by atoms with Crippen LogP contribution in [0.4, 0.5) is 5.69 Å². The van der Waals surface area contributed by atoms with E-state index in [9.17, 15) is 10.1 Å². The first-order valence-corrected chi connectivity index (χ1v) is 8.59. The predicted octanol–water partition coefficient (Wildman–Crippen LogP) is 3.84. The summed E-state index contributed by atoms with van der Waals surface area (Å²) in [4.78, 5) is 14.2. The number of amides is 1. The average molecular weight is 325 g/mol. The normalized spacial score (nSPS) is 19.4. The molecule has 0 saturated carbocycles. The summed E-state index contributed by atoms with van der Waals surface area (Å²) < 4.78 is 0. The molecule has 0 aliphatic carbocycles. The van der Waals surface area contributed by atoms with Gasteiger partial charge >= 0.3 is 0 Å². The van der Waals surface area contributed by atoms with E-state index in [1.807, 2.05) is 12.1 Å². The first-order chi connectivity index (χ1) is 11.3. The van der Waals surface area contributed by atoms with Gasteiger partial charge in [-0.25, -0.2) is 0 Å². The molecule has 4 heteroatoms. The Kier molecular flexibility index (Phi) is 5.33. The van der Waals surface area contributed by atoms with E-state index >= 15 is 0 Å². The Bertz CT molecular complexity index is 697. The molecule has 1 heterocycles. The molecular formula is C20H27N3O. The third kappa shape index (κ3) is 3.46. The quantitative estimate of drug-likeness (QED) is 0.676. The van der Waals surface area contributed by atoms with Gasteiger partial charge in [0.2, 0.25) is 0 Å². The van der Waals surface area contributed by atoms with Crippen molar-refractivity contribution in [2.24, 2.45) is 0 Å². The van der Waals surface area contributed by atoms with Crippen LogP contribution in [0.2, 0.25) is 0 Å². The molecule has 4 nitrogen and oxygen atoms in total. The monoisotopic (exact) mass is 325 g/mol. The van der Waals surface area contributed by atoms with E-state index in [1.54, 1.807) is 6.08 Å². The highest BCUT2D eigenvalue weighted by Crippen LogP contribution is 2.43. The van der Waals surface area contributed by atoms with Crippen LogP contribution < -0.4 is 10.2 Å². The van der Waals surface area contributed by atoms with Crippen molar-refractivity contribution >= 4 is 17.7 Å². The van der Waals surface area contributed by atoms with Gasteiger partial charge in [-0.15, -0.1) is 0 Å². The van der Waals surface area contributed by atoms with Crippen LogP contribution in [0.25, 0.3) is 6.08 Å². The summed E-state index contributed by atoms with van der Waals surface area (Å²) in [7, 11) is 1.53. The molecule has 2 rings (SSSR count). The average Bonchev–Trinajstić information content (AvgIpc) is 2.55. The second-order valence-electron chi connectivity index (χ2n) is 7.14. The number of nitrogens with zero attached hydrogens (tertiary/aromatic N) is 2. The van der Waals surface area contributed by atoms with Gasteiger partial charge in [0.1, 0.15) is 11.6 Å². The zero-order chi connectivity index (χ0) is 17.9. The highest BCUT2D eigenvalue weighted by molar-refractivity contribution is 6.01. The molecule has 0 aromatic heterocycles. The molecule has 1 amide bonds. The van der Waals surface area contributed by atoms with Gasteiger partial charge in [-0.3, -0.25) is 4.79 Å². The van der Waals surface area contributed by atoms with Crippen molar-refractivity contribution in [1.82, 2.24) is 5.32 Å². The van der Waals surface area contributed by atoms with Crippen molar-refractivity contribution in [3.05, 3.63) is 34.9 Å². The maximum absolute atomic E-state index is 11.7. The fourth-order valence-electron chi connectivity index (χ4n) is 3.70. The van der Waals surface area contributed by atoms with Crippen LogP contribution in [0.15, 0.2) is 23.8 Å². The first-order valence-electron chi connectivity index (χ1n) is 8.59. The Morgan fingerprint density at radius 2 is 2.21 bits per heavy atom. The van der Waals surface area contributed by atoms with Crippen molar-refractivity contribution in [3.8, 4) is 6.07 Å². The van der Waals surface area contributed by atoms with Crippen LogP contribution in [0.1, 0.15) is 57.6 Å². The van der Waals surface area contributed by atoms with E-state index < -0.39 is 0 Å². The molecule has 128 valence electrons. The molecule has 1 unspecified atom stereocenters. The van der Waals surface area contributed by atoms with Gasteiger partial charge in [-0.05, 0) is 61.9 Å². The standard InChI is InChI=1S/C20H27N3O/c1-6-9-23-18-8-7-15(10-16(13-21)19(24)22-5)11-17(18)14(2)12-20(23,3)4/h7-8,10-11,14H,6,9,12H2,1-5H3,(H,22,24)/b16-10+. The molecule has 1 aliphatic rings. The van der Waals surface area contributed by atoms with Crippen molar-refractivity contribution in [2.45, 2.75) is 52.0 Å². The van der Waals surface area contributed by atoms with E-state index in [1.165, 1.54) is 18.3 Å². The summed E-state index contributed by atoms with van der Waals surface area (Å²) in [6.07, 6.45) is 3.86. The lowest BCUT2D eigenvalue weighted by Crippen LogP contribution is -2.48. The number of carbonyl (C=O) groups excluding carboxylic acids is 1. The van der Waals surface area contributed by atoms with Gasteiger partial charge in [-0.2, -0.15) is 5.26 Å². The minimum atomic E-state index is -0.350. The van der Waals surface area contributed by atoms with Gasteiger partial charge in [0.05, 0.1) is 0 Å². The molecule has 0 fully saturated rings. The van der Waals surface area contributed by atoms with Gasteiger partial charge in [-0.1, -0.05) is 19.9 Å². The van der Waals surface area contributed by atoms with Gasteiger partial charge in [0, 0.05) is 24.8 Å². The highest BCUT2D eigenvalue weighted by atomic mass is 16.1. The second-order valence-corrected chi connectivity index (χ2v) is 7.14. The van der Waals surface area contributed by atoms with E-state index in [4.69, 9.17) is 0 Å². The van der Waals surface area contributed by atoms with E-state index in [-0.39, 0.29) is 17.0 Å². The smallest absolute Gasteiger partial charge is 0.261 e. The maximum atomic E-state index is 11.7. The highest BCUT2D eigenvalue weighted by Gasteiger charge is 2.35. The number of nitriles is 1. The van der Waals surface area contributed by atoms with Crippen molar-refractivity contribution in [1.29, 1.82) is 5.26 Å². The first kappa shape index (κ1) is 18.1. The lowest BCUT2D eigenvalue weighted by molar-refractivity contribution is -0.116. The number of rotatable bonds is 4. The molecule has 1 aliphatic heterocycles. The van der Waals surface area contributed by atoms with Crippen molar-refractivity contribution in [2.75, 3.05) is 18.5 Å². The molecular weight excluding hydrogens is 298 g/mol. The number of benzene rings is 1. The summed E-state index contributed by atoms with van der Waals surface area (Å²) in [5.41, 5.74) is 3.74. The largest absolute Gasteiger partial charge is 0.366 e. The van der Waals surface area contributed by atoms with Crippen LogP contribution in [0.5, 0.6) is 0 Å². The van der Waals surface area contributed by atoms with Gasteiger partial charge in [0.25, 0.3) is 5.91 Å². The van der Waals surface area contributed by atoms with Gasteiger partial charge < -0.3 is 10.2 Å². The summed E-state index contributed by atoms with van der Waals surface area (Å²) in [6.45, 7) is 10.1. The molecule has 0 saturated heterocycles. The zero-order valence-electron chi connectivity index (χ0n) is 15.3. The van der Waals surface area contributed by atoms with E-state index in [0.717, 1.165) is 24.9 Å². The Hall–Kier alpha value is -2.28. The molecule has 0 radical (unpaired) electrons. The number of anilines is 1. The van der Waals surface area contributed by atoms with Crippen molar-refractivity contribution in [3.63, 3.8) is 0 Å². The second kappa shape index (κ2) is 7.09. The third-order valence-electron chi connectivity index (χ3n) is 4.76. The molecule has 0 bridgehead atoms. The minimum absolute atomic E-state index is 0.131. The molecule has 0 spiro atoms. The molecule has 1 aromatic rings. The topological polar surface area (TPSA) is 56.1 Å². The third-order valence-corrected chi connectivity index (χ3v) is 4.76. The summed E-state index contributed by atoms with van der Waals surface area (Å²) in [6, 6.07) is 8.22. The van der Waals surface area contributed by atoms with Gasteiger partial charge in [0.15, 0.2) is 0 Å². The fraction of sp³-hybridized carbons (Fsp3) is 0.500. The summed E-state index contributed by atoms with van der Waals surface area (Å²) >= 11 is 0. The Morgan fingerprint density at radius 3 is 2.79 bits per heavy atom. The molecule has 1 atom stereocenters.